The zero-order valence-electron chi connectivity index (χ0n) is 15.6. The lowest BCUT2D eigenvalue weighted by Crippen LogP contribution is -2.44. The molecule has 1 aliphatic rings. The monoisotopic (exact) mass is 353 g/mol. The summed E-state index contributed by atoms with van der Waals surface area (Å²) >= 11 is 0. The highest BCUT2D eigenvalue weighted by Crippen LogP contribution is 2.41. The van der Waals surface area contributed by atoms with Crippen molar-refractivity contribution in [1.82, 2.24) is 4.90 Å². The van der Waals surface area contributed by atoms with Crippen molar-refractivity contribution in [3.05, 3.63) is 71.8 Å². The lowest BCUT2D eigenvalue weighted by atomic mass is 9.72. The average Bonchev–Trinajstić information content (AvgIpc) is 2.72. The zero-order valence-corrected chi connectivity index (χ0v) is 15.6. The number of hydrogen-bond donors (Lipinski definition) is 2. The van der Waals surface area contributed by atoms with Crippen LogP contribution in [0.1, 0.15) is 43.2 Å². The first-order valence-corrected chi connectivity index (χ1v) is 9.92. The number of aliphatic hydroxyl groups is 2. The van der Waals surface area contributed by atoms with E-state index in [-0.39, 0.29) is 5.92 Å². The summed E-state index contributed by atoms with van der Waals surface area (Å²) in [5.41, 5.74) is 1.06. The molecule has 3 rings (SSSR count). The first-order chi connectivity index (χ1) is 12.7. The van der Waals surface area contributed by atoms with Crippen molar-refractivity contribution >= 4 is 0 Å². The van der Waals surface area contributed by atoms with Gasteiger partial charge in [-0.1, -0.05) is 60.7 Å². The summed E-state index contributed by atoms with van der Waals surface area (Å²) in [6.45, 7) is 3.46. The van der Waals surface area contributed by atoms with Crippen LogP contribution in [0.2, 0.25) is 0 Å². The molecule has 2 aromatic carbocycles. The molecule has 26 heavy (non-hydrogen) atoms. The summed E-state index contributed by atoms with van der Waals surface area (Å²) < 4.78 is 0. The second-order valence-corrected chi connectivity index (χ2v) is 7.40. The van der Waals surface area contributed by atoms with Crippen LogP contribution in [0, 0.1) is 5.92 Å². The van der Waals surface area contributed by atoms with Crippen LogP contribution in [0.15, 0.2) is 60.7 Å². The van der Waals surface area contributed by atoms with E-state index in [9.17, 15) is 5.11 Å². The predicted molar refractivity (Wildman–Crippen MR) is 106 cm³/mol. The van der Waals surface area contributed by atoms with Crippen molar-refractivity contribution in [1.29, 1.82) is 0 Å². The number of rotatable bonds is 8. The Morgan fingerprint density at radius 2 is 1.35 bits per heavy atom. The van der Waals surface area contributed by atoms with Crippen molar-refractivity contribution < 1.29 is 10.2 Å². The third-order valence-corrected chi connectivity index (χ3v) is 5.74. The predicted octanol–water partition coefficient (Wildman–Crippen LogP) is 3.80. The van der Waals surface area contributed by atoms with Crippen molar-refractivity contribution in [3.63, 3.8) is 0 Å². The lowest BCUT2D eigenvalue weighted by molar-refractivity contribution is -0.0143. The molecule has 0 radical (unpaired) electrons. The van der Waals surface area contributed by atoms with Gasteiger partial charge >= 0.3 is 0 Å². The Bertz CT molecular complexity index is 596. The van der Waals surface area contributed by atoms with Gasteiger partial charge in [-0.05, 0) is 68.8 Å². The largest absolute Gasteiger partial charge is 0.396 e. The maximum atomic E-state index is 11.9. The molecule has 0 aliphatic carbocycles. The Hall–Kier alpha value is -1.68. The summed E-state index contributed by atoms with van der Waals surface area (Å²) in [5.74, 6) is 0.223. The molecular weight excluding hydrogens is 322 g/mol. The summed E-state index contributed by atoms with van der Waals surface area (Å²) in [5, 5.41) is 20.8. The van der Waals surface area contributed by atoms with Crippen LogP contribution >= 0.6 is 0 Å². The summed E-state index contributed by atoms with van der Waals surface area (Å²) in [4.78, 5) is 2.50. The molecule has 0 bridgehead atoms. The van der Waals surface area contributed by atoms with Gasteiger partial charge in [-0.25, -0.2) is 0 Å². The summed E-state index contributed by atoms with van der Waals surface area (Å²) in [6, 6.07) is 20.3. The number of unbranched alkanes of at least 4 members (excludes halogenated alkanes) is 2. The smallest absolute Gasteiger partial charge is 0.117 e. The maximum absolute atomic E-state index is 11.9. The maximum Gasteiger partial charge on any atom is 0.117 e. The summed E-state index contributed by atoms with van der Waals surface area (Å²) in [6.07, 6.45) is 5.14. The average molecular weight is 354 g/mol. The highest BCUT2D eigenvalue weighted by atomic mass is 16.3. The van der Waals surface area contributed by atoms with E-state index in [1.807, 2.05) is 60.7 Å². The highest BCUT2D eigenvalue weighted by molar-refractivity contribution is 5.37. The van der Waals surface area contributed by atoms with E-state index < -0.39 is 5.60 Å². The molecule has 2 N–H and O–H groups in total. The van der Waals surface area contributed by atoms with Crippen LogP contribution in [-0.4, -0.2) is 41.4 Å². The Kier molecular flexibility index (Phi) is 6.84. The van der Waals surface area contributed by atoms with Crippen LogP contribution in [0.3, 0.4) is 0 Å². The Labute approximate surface area is 157 Å². The van der Waals surface area contributed by atoms with Crippen molar-refractivity contribution in [2.75, 3.05) is 26.2 Å². The van der Waals surface area contributed by atoms with E-state index in [1.165, 1.54) is 0 Å². The molecule has 1 fully saturated rings. The second-order valence-electron chi connectivity index (χ2n) is 7.40. The van der Waals surface area contributed by atoms with Gasteiger partial charge in [0.25, 0.3) is 0 Å². The normalized spacial score (nSPS) is 16.7. The quantitative estimate of drug-likeness (QED) is 0.710. The van der Waals surface area contributed by atoms with Gasteiger partial charge in [-0.3, -0.25) is 0 Å². The fraction of sp³-hybridized carbons (Fsp3) is 0.478. The Morgan fingerprint density at radius 3 is 1.85 bits per heavy atom. The zero-order chi connectivity index (χ0) is 18.2. The van der Waals surface area contributed by atoms with Crippen LogP contribution in [0.25, 0.3) is 0 Å². The van der Waals surface area contributed by atoms with Gasteiger partial charge in [0.05, 0.1) is 0 Å². The molecule has 2 aromatic rings. The molecule has 0 spiro atoms. The van der Waals surface area contributed by atoms with E-state index in [0.29, 0.717) is 6.61 Å². The summed E-state index contributed by atoms with van der Waals surface area (Å²) in [7, 11) is 0. The molecule has 0 saturated carbocycles. The van der Waals surface area contributed by atoms with Gasteiger partial charge in [0.1, 0.15) is 5.60 Å². The minimum absolute atomic E-state index is 0.223. The molecule has 1 aliphatic heterocycles. The number of nitrogens with zero attached hydrogens (tertiary/aromatic N) is 1. The third kappa shape index (κ3) is 4.35. The van der Waals surface area contributed by atoms with E-state index in [0.717, 1.165) is 62.9 Å². The van der Waals surface area contributed by atoms with Crippen LogP contribution in [0.4, 0.5) is 0 Å². The van der Waals surface area contributed by atoms with Crippen molar-refractivity contribution in [3.8, 4) is 0 Å². The molecule has 0 amide bonds. The topological polar surface area (TPSA) is 43.7 Å². The van der Waals surface area contributed by atoms with Gasteiger partial charge in [0.2, 0.25) is 0 Å². The SMILES string of the molecule is OCCCCCN1CCC(C(O)(c2ccccc2)c2ccccc2)CC1. The first kappa shape index (κ1) is 19.1. The van der Waals surface area contributed by atoms with E-state index in [4.69, 9.17) is 5.11 Å². The van der Waals surface area contributed by atoms with Gasteiger partial charge in [0, 0.05) is 6.61 Å². The van der Waals surface area contributed by atoms with Crippen LogP contribution in [-0.2, 0) is 5.60 Å². The molecular formula is C23H31NO2. The van der Waals surface area contributed by atoms with Crippen molar-refractivity contribution in [2.24, 2.45) is 5.92 Å². The molecule has 3 heteroatoms. The number of piperidine rings is 1. The molecule has 0 aromatic heterocycles. The fourth-order valence-corrected chi connectivity index (χ4v) is 4.22. The third-order valence-electron chi connectivity index (χ3n) is 5.74. The number of benzene rings is 2. The molecule has 0 atom stereocenters. The van der Waals surface area contributed by atoms with E-state index >= 15 is 0 Å². The van der Waals surface area contributed by atoms with E-state index in [1.54, 1.807) is 0 Å². The van der Waals surface area contributed by atoms with Gasteiger partial charge in [0.15, 0.2) is 0 Å². The molecule has 0 unspecified atom stereocenters. The lowest BCUT2D eigenvalue weighted by Gasteiger charge is -2.42. The number of hydrogen-bond acceptors (Lipinski definition) is 3. The van der Waals surface area contributed by atoms with Gasteiger partial charge < -0.3 is 15.1 Å². The fourth-order valence-electron chi connectivity index (χ4n) is 4.22. The van der Waals surface area contributed by atoms with Crippen molar-refractivity contribution in [2.45, 2.75) is 37.7 Å². The molecule has 3 nitrogen and oxygen atoms in total. The van der Waals surface area contributed by atoms with Crippen LogP contribution in [0.5, 0.6) is 0 Å². The van der Waals surface area contributed by atoms with Crippen LogP contribution < -0.4 is 0 Å². The Morgan fingerprint density at radius 1 is 0.808 bits per heavy atom. The van der Waals surface area contributed by atoms with Gasteiger partial charge in [-0.2, -0.15) is 0 Å². The molecule has 140 valence electrons. The minimum atomic E-state index is -0.925. The standard InChI is InChI=1S/C23H31NO2/c25-19-9-3-8-16-24-17-14-22(15-18-24)23(26,20-10-4-1-5-11-20)21-12-6-2-7-13-21/h1-2,4-7,10-13,22,25-26H,3,8-9,14-19H2. The van der Waals surface area contributed by atoms with Gasteiger partial charge in [-0.15, -0.1) is 0 Å². The number of aliphatic hydroxyl groups excluding tert-OH is 1. The minimum Gasteiger partial charge on any atom is -0.396 e. The molecule has 1 saturated heterocycles. The second kappa shape index (κ2) is 9.31. The highest BCUT2D eigenvalue weighted by Gasteiger charge is 2.41. The Balaban J connectivity index is 1.72. The number of likely N-dealkylation sites (tertiary alicyclic amines) is 1. The first-order valence-electron chi connectivity index (χ1n) is 9.92. The van der Waals surface area contributed by atoms with E-state index in [2.05, 4.69) is 4.90 Å². The molecule has 1 heterocycles.